The zero-order valence-electron chi connectivity index (χ0n) is 21.2. The van der Waals surface area contributed by atoms with Crippen LogP contribution in [0.4, 0.5) is 10.1 Å². The average Bonchev–Trinajstić information content (AvgIpc) is 2.84. The molecule has 2 rings (SSSR count). The van der Waals surface area contributed by atoms with E-state index in [1.165, 1.54) is 6.07 Å². The topological polar surface area (TPSA) is 90.0 Å². The number of nitrogens with zero attached hydrogens (tertiary/aromatic N) is 1. The van der Waals surface area contributed by atoms with Crippen LogP contribution in [0.15, 0.2) is 28.2 Å². The molecule has 0 spiro atoms. The number of thioether (sulfide) groups is 1. The van der Waals surface area contributed by atoms with E-state index in [2.05, 4.69) is 0 Å². The number of benzene rings is 1. The van der Waals surface area contributed by atoms with Crippen molar-refractivity contribution >= 4 is 52.8 Å². The van der Waals surface area contributed by atoms with Gasteiger partial charge in [-0.05, 0) is 58.1 Å². The predicted octanol–water partition coefficient (Wildman–Crippen LogP) is 6.01. The van der Waals surface area contributed by atoms with Gasteiger partial charge in [0.25, 0.3) is 5.91 Å². The number of imide groups is 1. The number of anilines is 1. The third-order valence-corrected chi connectivity index (χ3v) is 6.87. The molecule has 2 amide bonds. The highest BCUT2D eigenvalue weighted by Crippen LogP contribution is 2.36. The quantitative estimate of drug-likeness (QED) is 0.192. The zero-order chi connectivity index (χ0) is 26.8. The molecule has 198 valence electrons. The van der Waals surface area contributed by atoms with E-state index in [1.54, 1.807) is 20.8 Å². The summed E-state index contributed by atoms with van der Waals surface area (Å²) in [6.07, 6.45) is 3.15. The SMILES string of the molecule is CCCCOC(=O)CSc1cc(N(C(=O)CC)C(=O)C2=C(C(=O)OC(C)C)CCCC2)c(F)cc1Cl. The first kappa shape index (κ1) is 29.8. The number of hydrogen-bond donors (Lipinski definition) is 0. The van der Waals surface area contributed by atoms with Gasteiger partial charge in [0.2, 0.25) is 5.91 Å². The minimum Gasteiger partial charge on any atom is -0.465 e. The fourth-order valence-corrected chi connectivity index (χ4v) is 4.67. The minimum atomic E-state index is -0.868. The van der Waals surface area contributed by atoms with Gasteiger partial charge in [-0.25, -0.2) is 14.1 Å². The summed E-state index contributed by atoms with van der Waals surface area (Å²) in [5.41, 5.74) is 0.0807. The van der Waals surface area contributed by atoms with Gasteiger partial charge in [-0.1, -0.05) is 31.9 Å². The van der Waals surface area contributed by atoms with Crippen molar-refractivity contribution in [2.24, 2.45) is 0 Å². The zero-order valence-corrected chi connectivity index (χ0v) is 22.7. The van der Waals surface area contributed by atoms with E-state index in [4.69, 9.17) is 21.1 Å². The number of ether oxygens (including phenoxy) is 2. The molecule has 0 saturated carbocycles. The summed E-state index contributed by atoms with van der Waals surface area (Å²) in [4.78, 5) is 52.3. The lowest BCUT2D eigenvalue weighted by atomic mass is 9.90. The van der Waals surface area contributed by atoms with Crippen molar-refractivity contribution in [1.29, 1.82) is 0 Å². The molecule has 0 radical (unpaired) electrons. The van der Waals surface area contributed by atoms with Crippen LogP contribution >= 0.6 is 23.4 Å². The molecule has 0 unspecified atom stereocenters. The highest BCUT2D eigenvalue weighted by Gasteiger charge is 2.33. The molecule has 1 aromatic rings. The van der Waals surface area contributed by atoms with Crippen LogP contribution in [0.3, 0.4) is 0 Å². The molecular formula is C26H33ClFNO6S. The molecule has 1 aliphatic rings. The van der Waals surface area contributed by atoms with Gasteiger partial charge in [-0.3, -0.25) is 14.4 Å². The van der Waals surface area contributed by atoms with Crippen molar-refractivity contribution in [3.05, 3.63) is 34.1 Å². The van der Waals surface area contributed by atoms with Crippen LogP contribution in [-0.2, 0) is 28.7 Å². The fourth-order valence-electron chi connectivity index (χ4n) is 3.61. The van der Waals surface area contributed by atoms with Crippen molar-refractivity contribution in [2.45, 2.75) is 83.6 Å². The van der Waals surface area contributed by atoms with Gasteiger partial charge in [0.1, 0.15) is 5.82 Å². The molecule has 0 fully saturated rings. The van der Waals surface area contributed by atoms with Crippen molar-refractivity contribution in [2.75, 3.05) is 17.3 Å². The molecule has 0 atom stereocenters. The second kappa shape index (κ2) is 14.4. The molecule has 1 aromatic carbocycles. The average molecular weight is 542 g/mol. The highest BCUT2D eigenvalue weighted by molar-refractivity contribution is 8.00. The molecule has 0 heterocycles. The molecule has 36 heavy (non-hydrogen) atoms. The maximum absolute atomic E-state index is 15.1. The number of carbonyl (C=O) groups excluding carboxylic acids is 4. The number of amides is 2. The maximum atomic E-state index is 15.1. The lowest BCUT2D eigenvalue weighted by molar-refractivity contribution is -0.143. The van der Waals surface area contributed by atoms with Crippen LogP contribution in [0, 0.1) is 5.82 Å². The second-order valence-corrected chi connectivity index (χ2v) is 10.0. The Morgan fingerprint density at radius 1 is 1.11 bits per heavy atom. The summed E-state index contributed by atoms with van der Waals surface area (Å²) in [7, 11) is 0. The Hall–Kier alpha value is -2.39. The van der Waals surface area contributed by atoms with Gasteiger partial charge in [0.15, 0.2) is 0 Å². The Kier molecular flexibility index (Phi) is 11.9. The van der Waals surface area contributed by atoms with E-state index < -0.39 is 29.6 Å². The fraction of sp³-hybridized carbons (Fsp3) is 0.538. The molecule has 0 N–H and O–H groups in total. The van der Waals surface area contributed by atoms with Crippen LogP contribution in [-0.4, -0.2) is 42.2 Å². The van der Waals surface area contributed by atoms with Crippen molar-refractivity contribution in [1.82, 2.24) is 0 Å². The van der Waals surface area contributed by atoms with Crippen LogP contribution in [0.1, 0.15) is 72.6 Å². The van der Waals surface area contributed by atoms with Crippen molar-refractivity contribution < 1.29 is 33.0 Å². The third-order valence-electron chi connectivity index (χ3n) is 5.42. The number of carbonyl (C=O) groups is 4. The first-order chi connectivity index (χ1) is 17.1. The Morgan fingerprint density at radius 3 is 2.39 bits per heavy atom. The van der Waals surface area contributed by atoms with Gasteiger partial charge in [0, 0.05) is 22.5 Å². The summed E-state index contributed by atoms with van der Waals surface area (Å²) < 4.78 is 25.5. The van der Waals surface area contributed by atoms with Crippen LogP contribution < -0.4 is 4.90 Å². The van der Waals surface area contributed by atoms with E-state index in [0.29, 0.717) is 30.8 Å². The molecule has 1 aliphatic carbocycles. The molecule has 7 nitrogen and oxygen atoms in total. The van der Waals surface area contributed by atoms with Gasteiger partial charge in [-0.15, -0.1) is 11.8 Å². The summed E-state index contributed by atoms with van der Waals surface area (Å²) in [6, 6.07) is 2.29. The number of rotatable bonds is 11. The molecular weight excluding hydrogens is 509 g/mol. The van der Waals surface area contributed by atoms with Crippen LogP contribution in [0.2, 0.25) is 5.02 Å². The van der Waals surface area contributed by atoms with Crippen molar-refractivity contribution in [3.8, 4) is 0 Å². The van der Waals surface area contributed by atoms with E-state index in [-0.39, 0.29) is 46.6 Å². The summed E-state index contributed by atoms with van der Waals surface area (Å²) in [5.74, 6) is -3.38. The Bertz CT molecular complexity index is 1030. The van der Waals surface area contributed by atoms with Crippen molar-refractivity contribution in [3.63, 3.8) is 0 Å². The van der Waals surface area contributed by atoms with Gasteiger partial charge in [0.05, 0.1) is 29.2 Å². The lowest BCUT2D eigenvalue weighted by Crippen LogP contribution is -2.39. The number of esters is 2. The highest BCUT2D eigenvalue weighted by atomic mass is 35.5. The number of hydrogen-bond acceptors (Lipinski definition) is 7. The normalized spacial score (nSPS) is 13.5. The number of halogens is 2. The summed E-state index contributed by atoms with van der Waals surface area (Å²) in [5, 5.41) is 0.0389. The van der Waals surface area contributed by atoms with Crippen LogP contribution in [0.5, 0.6) is 0 Å². The number of unbranched alkanes of at least 4 members (excludes halogenated alkanes) is 1. The summed E-state index contributed by atoms with van der Waals surface area (Å²) >= 11 is 7.22. The van der Waals surface area contributed by atoms with E-state index in [9.17, 15) is 19.2 Å². The second-order valence-electron chi connectivity index (χ2n) is 8.60. The molecule has 10 heteroatoms. The first-order valence-corrected chi connectivity index (χ1v) is 13.5. The molecule has 0 bridgehead atoms. The summed E-state index contributed by atoms with van der Waals surface area (Å²) in [6.45, 7) is 7.26. The minimum absolute atomic E-state index is 0.0389. The Labute approximate surface area is 220 Å². The van der Waals surface area contributed by atoms with E-state index in [1.807, 2.05) is 6.92 Å². The largest absolute Gasteiger partial charge is 0.465 e. The lowest BCUT2D eigenvalue weighted by Gasteiger charge is -2.26. The van der Waals surface area contributed by atoms with Gasteiger partial charge >= 0.3 is 11.9 Å². The van der Waals surface area contributed by atoms with Gasteiger partial charge < -0.3 is 9.47 Å². The van der Waals surface area contributed by atoms with E-state index >= 15 is 4.39 Å². The third kappa shape index (κ3) is 8.06. The van der Waals surface area contributed by atoms with Crippen LogP contribution in [0.25, 0.3) is 0 Å². The maximum Gasteiger partial charge on any atom is 0.334 e. The molecule has 0 saturated heterocycles. The smallest absolute Gasteiger partial charge is 0.334 e. The van der Waals surface area contributed by atoms with E-state index in [0.717, 1.165) is 35.6 Å². The Morgan fingerprint density at radius 2 is 1.78 bits per heavy atom. The Balaban J connectivity index is 2.42. The molecule has 0 aromatic heterocycles. The standard InChI is InChI=1S/C26H33ClFNO6S/c1-5-7-12-34-24(31)15-36-22-14-21(20(28)13-19(22)27)29(23(30)6-2)25(32)17-10-8-9-11-18(17)26(33)35-16(3)4/h13-14,16H,5-12,15H2,1-4H3. The molecule has 0 aliphatic heterocycles. The predicted molar refractivity (Wildman–Crippen MR) is 138 cm³/mol. The monoisotopic (exact) mass is 541 g/mol. The van der Waals surface area contributed by atoms with Gasteiger partial charge in [-0.2, -0.15) is 0 Å². The first-order valence-electron chi connectivity index (χ1n) is 12.2.